The Morgan fingerprint density at radius 3 is 2.95 bits per heavy atom. The maximum atomic E-state index is 11.8. The Bertz CT molecular complexity index is 506. The molecule has 4 atom stereocenters. The first-order chi connectivity index (χ1) is 9.46. The van der Waals surface area contributed by atoms with Gasteiger partial charge in [-0.05, 0) is 33.1 Å². The summed E-state index contributed by atoms with van der Waals surface area (Å²) in [5.74, 6) is -0.537. The van der Waals surface area contributed by atoms with Crippen molar-refractivity contribution in [1.82, 2.24) is 0 Å². The molecule has 1 saturated heterocycles. The van der Waals surface area contributed by atoms with Gasteiger partial charge in [0, 0.05) is 5.57 Å². The highest BCUT2D eigenvalue weighted by molar-refractivity contribution is 5.93. The lowest BCUT2D eigenvalue weighted by atomic mass is 9.87. The van der Waals surface area contributed by atoms with Gasteiger partial charge < -0.3 is 19.7 Å². The number of ether oxygens (including phenoxy) is 2. The molecule has 110 valence electrons. The molecule has 3 aliphatic rings. The number of hydrogen-bond acceptors (Lipinski definition) is 5. The van der Waals surface area contributed by atoms with E-state index in [2.05, 4.69) is 6.08 Å². The molecule has 1 aliphatic carbocycles. The number of epoxide rings is 1. The first-order valence-corrected chi connectivity index (χ1v) is 7.02. The lowest BCUT2D eigenvalue weighted by Gasteiger charge is -2.20. The van der Waals surface area contributed by atoms with Gasteiger partial charge in [0.25, 0.3) is 0 Å². The quantitative estimate of drug-likeness (QED) is 0.423. The number of hydrogen-bond donors (Lipinski definition) is 2. The molecule has 2 N–H and O–H groups in total. The number of carbonyl (C=O) groups excluding carboxylic acids is 1. The summed E-state index contributed by atoms with van der Waals surface area (Å²) in [6, 6.07) is 0. The summed E-state index contributed by atoms with van der Waals surface area (Å²) < 4.78 is 11.1. The lowest BCUT2D eigenvalue weighted by Crippen LogP contribution is -2.30. The summed E-state index contributed by atoms with van der Waals surface area (Å²) in [4.78, 5) is 11.8. The molecule has 20 heavy (non-hydrogen) atoms. The smallest absolute Gasteiger partial charge is 0.337 e. The Morgan fingerprint density at radius 2 is 2.25 bits per heavy atom. The van der Waals surface area contributed by atoms with E-state index >= 15 is 0 Å². The monoisotopic (exact) mass is 280 g/mol. The van der Waals surface area contributed by atoms with Crippen LogP contribution >= 0.6 is 0 Å². The van der Waals surface area contributed by atoms with E-state index in [1.165, 1.54) is 0 Å². The van der Waals surface area contributed by atoms with E-state index in [-0.39, 0.29) is 17.3 Å². The van der Waals surface area contributed by atoms with Gasteiger partial charge in [-0.3, -0.25) is 0 Å². The second-order valence-electron chi connectivity index (χ2n) is 6.08. The van der Waals surface area contributed by atoms with Crippen molar-refractivity contribution in [2.45, 2.75) is 57.0 Å². The number of fused-ring (bicyclic) bond motifs is 3. The van der Waals surface area contributed by atoms with Gasteiger partial charge in [-0.1, -0.05) is 11.6 Å². The summed E-state index contributed by atoms with van der Waals surface area (Å²) in [7, 11) is 0. The van der Waals surface area contributed by atoms with Gasteiger partial charge >= 0.3 is 5.97 Å². The zero-order valence-electron chi connectivity index (χ0n) is 11.8. The van der Waals surface area contributed by atoms with Crippen molar-refractivity contribution in [2.24, 2.45) is 0 Å². The van der Waals surface area contributed by atoms with Crippen molar-refractivity contribution in [3.63, 3.8) is 0 Å². The molecule has 1 fully saturated rings. The SMILES string of the molecule is C/C1=C\CC[C@@]2(C)O[C@@H]2[C@H]2OC(=O)C(CO)=C2[C@@H](O)C1. The topological polar surface area (TPSA) is 79.3 Å². The first kappa shape index (κ1) is 13.8. The molecule has 0 spiro atoms. The van der Waals surface area contributed by atoms with E-state index < -0.39 is 24.8 Å². The van der Waals surface area contributed by atoms with Crippen LogP contribution in [0.25, 0.3) is 0 Å². The second kappa shape index (κ2) is 4.69. The lowest BCUT2D eigenvalue weighted by molar-refractivity contribution is -0.141. The number of allylic oxidation sites excluding steroid dienone is 1. The number of aliphatic hydroxyl groups is 2. The number of carbonyl (C=O) groups is 1. The van der Waals surface area contributed by atoms with Crippen LogP contribution in [0.4, 0.5) is 0 Å². The molecule has 2 heterocycles. The summed E-state index contributed by atoms with van der Waals surface area (Å²) in [5, 5.41) is 19.8. The van der Waals surface area contributed by atoms with E-state index in [4.69, 9.17) is 9.47 Å². The average Bonchev–Trinajstić information content (AvgIpc) is 2.92. The van der Waals surface area contributed by atoms with Gasteiger partial charge in [-0.2, -0.15) is 0 Å². The molecule has 0 amide bonds. The molecule has 0 aromatic rings. The zero-order chi connectivity index (χ0) is 14.5. The van der Waals surface area contributed by atoms with Crippen molar-refractivity contribution in [3.05, 3.63) is 22.8 Å². The summed E-state index contributed by atoms with van der Waals surface area (Å²) >= 11 is 0. The molecule has 5 heteroatoms. The van der Waals surface area contributed by atoms with Crippen molar-refractivity contribution in [2.75, 3.05) is 6.61 Å². The van der Waals surface area contributed by atoms with Gasteiger partial charge in [0.15, 0.2) is 6.10 Å². The molecule has 0 aromatic heterocycles. The molecule has 0 unspecified atom stereocenters. The predicted octanol–water partition coefficient (Wildman–Crippen LogP) is 0.849. The van der Waals surface area contributed by atoms with Crippen LogP contribution in [0.2, 0.25) is 0 Å². The average molecular weight is 280 g/mol. The first-order valence-electron chi connectivity index (χ1n) is 7.02. The Hall–Kier alpha value is -1.17. The van der Waals surface area contributed by atoms with Gasteiger partial charge in [-0.15, -0.1) is 0 Å². The number of esters is 1. The normalized spacial score (nSPS) is 43.3. The Morgan fingerprint density at radius 1 is 1.50 bits per heavy atom. The highest BCUT2D eigenvalue weighted by Gasteiger charge is 2.60. The molecule has 0 radical (unpaired) electrons. The molecule has 2 aliphatic heterocycles. The molecular weight excluding hydrogens is 260 g/mol. The van der Waals surface area contributed by atoms with Crippen molar-refractivity contribution >= 4 is 5.97 Å². The van der Waals surface area contributed by atoms with E-state index in [0.29, 0.717) is 12.0 Å². The van der Waals surface area contributed by atoms with Crippen molar-refractivity contribution in [1.29, 1.82) is 0 Å². The third-order valence-corrected chi connectivity index (χ3v) is 4.52. The predicted molar refractivity (Wildman–Crippen MR) is 70.9 cm³/mol. The minimum absolute atomic E-state index is 0.189. The minimum atomic E-state index is -0.809. The maximum absolute atomic E-state index is 11.8. The van der Waals surface area contributed by atoms with Gasteiger partial charge in [-0.25, -0.2) is 4.79 Å². The fraction of sp³-hybridized carbons (Fsp3) is 0.667. The molecule has 5 nitrogen and oxygen atoms in total. The van der Waals surface area contributed by atoms with Crippen molar-refractivity contribution in [3.8, 4) is 0 Å². The van der Waals surface area contributed by atoms with E-state index in [9.17, 15) is 15.0 Å². The largest absolute Gasteiger partial charge is 0.451 e. The van der Waals surface area contributed by atoms with Crippen LogP contribution in [0, 0.1) is 0 Å². The van der Waals surface area contributed by atoms with Crippen LogP contribution in [0.3, 0.4) is 0 Å². The summed E-state index contributed by atoms with van der Waals surface area (Å²) in [6.07, 6.45) is 2.72. The van der Waals surface area contributed by atoms with Crippen LogP contribution in [0.1, 0.15) is 33.1 Å². The summed E-state index contributed by atoms with van der Waals surface area (Å²) in [5.41, 5.74) is 1.45. The highest BCUT2D eigenvalue weighted by Crippen LogP contribution is 2.48. The molecule has 0 aromatic carbocycles. The van der Waals surface area contributed by atoms with Crippen LogP contribution < -0.4 is 0 Å². The van der Waals surface area contributed by atoms with Crippen LogP contribution in [0.15, 0.2) is 22.8 Å². The van der Waals surface area contributed by atoms with Gasteiger partial charge in [0.05, 0.1) is 23.9 Å². The summed E-state index contributed by atoms with van der Waals surface area (Å²) in [6.45, 7) is 3.55. The zero-order valence-corrected chi connectivity index (χ0v) is 11.8. The molecule has 0 saturated carbocycles. The molecule has 0 bridgehead atoms. The van der Waals surface area contributed by atoms with Crippen LogP contribution in [-0.2, 0) is 14.3 Å². The van der Waals surface area contributed by atoms with Crippen LogP contribution in [0.5, 0.6) is 0 Å². The van der Waals surface area contributed by atoms with Crippen molar-refractivity contribution < 1.29 is 24.5 Å². The Labute approximate surface area is 117 Å². The second-order valence-corrected chi connectivity index (χ2v) is 6.08. The van der Waals surface area contributed by atoms with E-state index in [1.807, 2.05) is 13.8 Å². The molecule has 3 rings (SSSR count). The van der Waals surface area contributed by atoms with Gasteiger partial charge in [0.2, 0.25) is 0 Å². The highest BCUT2D eigenvalue weighted by atomic mass is 16.6. The Balaban J connectivity index is 2.00. The van der Waals surface area contributed by atoms with Crippen LogP contribution in [-0.4, -0.2) is 46.7 Å². The number of rotatable bonds is 1. The Kier molecular flexibility index (Phi) is 3.23. The fourth-order valence-corrected chi connectivity index (χ4v) is 3.25. The van der Waals surface area contributed by atoms with E-state index in [0.717, 1.165) is 18.4 Å². The van der Waals surface area contributed by atoms with E-state index in [1.54, 1.807) is 0 Å². The number of aliphatic hydroxyl groups excluding tert-OH is 2. The maximum Gasteiger partial charge on any atom is 0.337 e. The standard InChI is InChI=1S/C15H20O5/c1-8-4-3-5-15(2)13(20-15)12-11(10(17)6-8)9(7-16)14(18)19-12/h4,10,12-13,16-17H,3,5-7H2,1-2H3/b8-4+/t10-,12-,13+,15+/m0/s1. The molecular formula is C15H20O5. The fourth-order valence-electron chi connectivity index (χ4n) is 3.25. The third-order valence-electron chi connectivity index (χ3n) is 4.52. The minimum Gasteiger partial charge on any atom is -0.451 e. The van der Waals surface area contributed by atoms with Gasteiger partial charge in [0.1, 0.15) is 6.10 Å². The third kappa shape index (κ3) is 2.10.